The lowest BCUT2D eigenvalue weighted by Crippen LogP contribution is -2.67. The minimum atomic E-state index is 0.211. The highest BCUT2D eigenvalue weighted by molar-refractivity contribution is 5.37. The molecule has 1 saturated heterocycles. The predicted octanol–water partition coefficient (Wildman–Crippen LogP) is 2.04. The monoisotopic (exact) mass is 235 g/mol. The van der Waals surface area contributed by atoms with E-state index in [0.29, 0.717) is 18.1 Å². The first-order valence-electron chi connectivity index (χ1n) is 6.47. The standard InChI is InChI=1S/C13H21N3O/c1-13(2)11(9-5-4-8-17-12(9)13)14-10-6-7-16(3)15-10/h6-7,9,11-12H,4-5,8H2,1-3H3,(H,14,15). The summed E-state index contributed by atoms with van der Waals surface area (Å²) in [5.41, 5.74) is 0.211. The molecular weight excluding hydrogens is 214 g/mol. The lowest BCUT2D eigenvalue weighted by molar-refractivity contribution is -0.177. The molecule has 0 radical (unpaired) electrons. The van der Waals surface area contributed by atoms with Crippen LogP contribution in [0.15, 0.2) is 12.3 Å². The van der Waals surface area contributed by atoms with E-state index < -0.39 is 0 Å². The highest BCUT2D eigenvalue weighted by Crippen LogP contribution is 2.52. The average molecular weight is 235 g/mol. The molecule has 2 fully saturated rings. The Balaban J connectivity index is 1.74. The smallest absolute Gasteiger partial charge is 0.148 e. The van der Waals surface area contributed by atoms with Gasteiger partial charge in [-0.3, -0.25) is 4.68 Å². The van der Waals surface area contributed by atoms with E-state index in [4.69, 9.17) is 4.74 Å². The van der Waals surface area contributed by atoms with Crippen LogP contribution < -0.4 is 5.32 Å². The Bertz CT molecular complexity index is 413. The van der Waals surface area contributed by atoms with Crippen molar-refractivity contribution in [2.24, 2.45) is 18.4 Å². The van der Waals surface area contributed by atoms with Crippen LogP contribution >= 0.6 is 0 Å². The van der Waals surface area contributed by atoms with E-state index in [-0.39, 0.29) is 5.41 Å². The number of ether oxygens (including phenoxy) is 1. The number of nitrogens with zero attached hydrogens (tertiary/aromatic N) is 2. The van der Waals surface area contributed by atoms with E-state index in [1.165, 1.54) is 12.8 Å². The van der Waals surface area contributed by atoms with Gasteiger partial charge >= 0.3 is 0 Å². The van der Waals surface area contributed by atoms with Crippen LogP contribution in [0.4, 0.5) is 5.82 Å². The number of rotatable bonds is 2. The number of hydrogen-bond donors (Lipinski definition) is 1. The fraction of sp³-hybridized carbons (Fsp3) is 0.769. The Labute approximate surface area is 102 Å². The lowest BCUT2D eigenvalue weighted by atomic mass is 9.55. The summed E-state index contributed by atoms with van der Waals surface area (Å²) in [5.74, 6) is 1.63. The van der Waals surface area contributed by atoms with Crippen molar-refractivity contribution in [3.8, 4) is 0 Å². The summed E-state index contributed by atoms with van der Waals surface area (Å²) in [4.78, 5) is 0. The second kappa shape index (κ2) is 3.73. The van der Waals surface area contributed by atoms with Gasteiger partial charge in [0.1, 0.15) is 5.82 Å². The number of hydrogen-bond acceptors (Lipinski definition) is 3. The Morgan fingerprint density at radius 3 is 3.06 bits per heavy atom. The fourth-order valence-corrected chi connectivity index (χ4v) is 3.47. The van der Waals surface area contributed by atoms with Gasteiger partial charge in [0.05, 0.1) is 6.10 Å². The summed E-state index contributed by atoms with van der Waals surface area (Å²) in [6.07, 6.45) is 4.87. The summed E-state index contributed by atoms with van der Waals surface area (Å²) < 4.78 is 7.74. The molecule has 1 aliphatic heterocycles. The first kappa shape index (κ1) is 11.1. The van der Waals surface area contributed by atoms with Crippen LogP contribution in [-0.2, 0) is 11.8 Å². The highest BCUT2D eigenvalue weighted by Gasteiger charge is 2.58. The van der Waals surface area contributed by atoms with Gasteiger partial charge in [0.15, 0.2) is 0 Å². The van der Waals surface area contributed by atoms with E-state index in [1.807, 2.05) is 24.0 Å². The second-order valence-corrected chi connectivity index (χ2v) is 5.92. The van der Waals surface area contributed by atoms with Crippen LogP contribution in [0.25, 0.3) is 0 Å². The maximum absolute atomic E-state index is 5.90. The lowest BCUT2D eigenvalue weighted by Gasteiger charge is -2.60. The topological polar surface area (TPSA) is 39.1 Å². The number of aryl methyl sites for hydroxylation is 1. The third kappa shape index (κ3) is 1.66. The molecule has 17 heavy (non-hydrogen) atoms. The maximum Gasteiger partial charge on any atom is 0.148 e. The minimum Gasteiger partial charge on any atom is -0.377 e. The van der Waals surface area contributed by atoms with E-state index in [1.54, 1.807) is 0 Å². The van der Waals surface area contributed by atoms with Gasteiger partial charge in [-0.1, -0.05) is 13.8 Å². The molecule has 1 aromatic heterocycles. The van der Waals surface area contributed by atoms with Crippen LogP contribution in [0.3, 0.4) is 0 Å². The molecule has 94 valence electrons. The van der Waals surface area contributed by atoms with Crippen LogP contribution in [0, 0.1) is 11.3 Å². The molecule has 1 saturated carbocycles. The Kier molecular flexibility index (Phi) is 2.43. The summed E-state index contributed by atoms with van der Waals surface area (Å²) in [6, 6.07) is 2.52. The van der Waals surface area contributed by atoms with Gasteiger partial charge in [-0.15, -0.1) is 0 Å². The zero-order chi connectivity index (χ0) is 12.0. The van der Waals surface area contributed by atoms with Crippen molar-refractivity contribution < 1.29 is 4.74 Å². The molecule has 1 aliphatic carbocycles. The average Bonchev–Trinajstić information content (AvgIpc) is 2.72. The van der Waals surface area contributed by atoms with Crippen molar-refractivity contribution in [2.45, 2.75) is 38.8 Å². The molecule has 0 bridgehead atoms. The molecule has 1 N–H and O–H groups in total. The van der Waals surface area contributed by atoms with E-state index in [0.717, 1.165) is 12.4 Å². The molecule has 2 heterocycles. The summed E-state index contributed by atoms with van der Waals surface area (Å²) in [5, 5.41) is 7.98. The Hall–Kier alpha value is -1.03. The molecule has 3 rings (SSSR count). The molecule has 4 nitrogen and oxygen atoms in total. The molecule has 0 spiro atoms. The molecule has 0 amide bonds. The van der Waals surface area contributed by atoms with Gasteiger partial charge in [0.25, 0.3) is 0 Å². The first-order chi connectivity index (χ1) is 8.09. The Morgan fingerprint density at radius 2 is 2.35 bits per heavy atom. The largest absolute Gasteiger partial charge is 0.377 e. The van der Waals surface area contributed by atoms with Crippen molar-refractivity contribution in [2.75, 3.05) is 11.9 Å². The molecule has 2 aliphatic rings. The third-order valence-electron chi connectivity index (χ3n) is 4.35. The van der Waals surface area contributed by atoms with E-state index in [9.17, 15) is 0 Å². The SMILES string of the molecule is Cn1ccc(NC2C3CCCOC3C2(C)C)n1. The van der Waals surface area contributed by atoms with Crippen molar-refractivity contribution in [1.29, 1.82) is 0 Å². The zero-order valence-corrected chi connectivity index (χ0v) is 10.8. The number of nitrogens with one attached hydrogen (secondary N) is 1. The van der Waals surface area contributed by atoms with Gasteiger partial charge in [0, 0.05) is 43.3 Å². The van der Waals surface area contributed by atoms with Crippen LogP contribution in [0.2, 0.25) is 0 Å². The summed E-state index contributed by atoms with van der Waals surface area (Å²) in [6.45, 7) is 5.51. The predicted molar refractivity (Wildman–Crippen MR) is 66.9 cm³/mol. The highest BCUT2D eigenvalue weighted by atomic mass is 16.5. The second-order valence-electron chi connectivity index (χ2n) is 5.92. The van der Waals surface area contributed by atoms with Crippen molar-refractivity contribution in [3.63, 3.8) is 0 Å². The van der Waals surface area contributed by atoms with E-state index in [2.05, 4.69) is 24.3 Å². The molecule has 4 heteroatoms. The normalized spacial score (nSPS) is 34.9. The van der Waals surface area contributed by atoms with Crippen molar-refractivity contribution in [1.82, 2.24) is 9.78 Å². The number of fused-ring (bicyclic) bond motifs is 1. The van der Waals surface area contributed by atoms with Crippen LogP contribution in [-0.4, -0.2) is 28.5 Å². The number of anilines is 1. The molecular formula is C13H21N3O. The van der Waals surface area contributed by atoms with Gasteiger partial charge in [-0.2, -0.15) is 5.10 Å². The summed E-state index contributed by atoms with van der Waals surface area (Å²) >= 11 is 0. The van der Waals surface area contributed by atoms with Crippen molar-refractivity contribution in [3.05, 3.63) is 12.3 Å². The minimum absolute atomic E-state index is 0.211. The van der Waals surface area contributed by atoms with Gasteiger partial charge in [-0.05, 0) is 12.8 Å². The molecule has 1 aromatic rings. The van der Waals surface area contributed by atoms with Crippen LogP contribution in [0.5, 0.6) is 0 Å². The van der Waals surface area contributed by atoms with Gasteiger partial charge in [0.2, 0.25) is 0 Å². The fourth-order valence-electron chi connectivity index (χ4n) is 3.47. The third-order valence-corrected chi connectivity index (χ3v) is 4.35. The summed E-state index contributed by atoms with van der Waals surface area (Å²) in [7, 11) is 1.95. The van der Waals surface area contributed by atoms with Gasteiger partial charge in [-0.25, -0.2) is 0 Å². The number of aromatic nitrogens is 2. The van der Waals surface area contributed by atoms with Gasteiger partial charge < -0.3 is 10.1 Å². The maximum atomic E-state index is 5.90. The first-order valence-corrected chi connectivity index (χ1v) is 6.47. The quantitative estimate of drug-likeness (QED) is 0.852. The molecule has 0 aromatic carbocycles. The zero-order valence-electron chi connectivity index (χ0n) is 10.8. The van der Waals surface area contributed by atoms with Crippen LogP contribution in [0.1, 0.15) is 26.7 Å². The van der Waals surface area contributed by atoms with Crippen molar-refractivity contribution >= 4 is 5.82 Å². The van der Waals surface area contributed by atoms with E-state index >= 15 is 0 Å². The molecule has 3 unspecified atom stereocenters. The molecule has 3 atom stereocenters. The Morgan fingerprint density at radius 1 is 1.53 bits per heavy atom.